The molecule has 4 nitrogen and oxygen atoms in total. The maximum atomic E-state index is 11.9. The number of hydrogen-bond acceptors (Lipinski definition) is 4. The highest BCUT2D eigenvalue weighted by atomic mass is 32.2. The first-order valence-electron chi connectivity index (χ1n) is 6.40. The van der Waals surface area contributed by atoms with E-state index in [1.165, 1.54) is 0 Å². The van der Waals surface area contributed by atoms with Gasteiger partial charge in [-0.1, -0.05) is 24.4 Å². The van der Waals surface area contributed by atoms with E-state index in [4.69, 9.17) is 18.0 Å². The summed E-state index contributed by atoms with van der Waals surface area (Å²) in [6.45, 7) is 1.72. The number of hydrogen-bond donors (Lipinski definition) is 2. The first-order chi connectivity index (χ1) is 9.54. The second-order valence-electron chi connectivity index (χ2n) is 4.50. The monoisotopic (exact) mass is 311 g/mol. The Labute approximate surface area is 130 Å². The predicted octanol–water partition coefficient (Wildman–Crippen LogP) is 1.94. The maximum Gasteiger partial charge on any atom is 0.225 e. The van der Waals surface area contributed by atoms with Gasteiger partial charge in [0.2, 0.25) is 5.91 Å². The van der Waals surface area contributed by atoms with Gasteiger partial charge in [-0.05, 0) is 25.4 Å². The van der Waals surface area contributed by atoms with Crippen molar-refractivity contribution in [2.45, 2.75) is 6.42 Å². The van der Waals surface area contributed by atoms with E-state index in [-0.39, 0.29) is 10.9 Å². The molecular formula is C14H21N3OS2. The third-order valence-corrected chi connectivity index (χ3v) is 3.68. The van der Waals surface area contributed by atoms with Gasteiger partial charge in [0.1, 0.15) is 4.99 Å². The van der Waals surface area contributed by atoms with Crippen molar-refractivity contribution in [2.24, 2.45) is 5.73 Å². The molecule has 1 aromatic carbocycles. The Kier molecular flexibility index (Phi) is 7.58. The molecule has 0 spiro atoms. The SMILES string of the molecule is CSCCN(C)CCC(=O)Nc1ccccc1C(N)=S. The average Bonchev–Trinajstić information content (AvgIpc) is 2.43. The van der Waals surface area contributed by atoms with Crippen LogP contribution in [0.25, 0.3) is 0 Å². The van der Waals surface area contributed by atoms with Crippen molar-refractivity contribution in [2.75, 3.05) is 37.5 Å². The predicted molar refractivity (Wildman–Crippen MR) is 91.5 cm³/mol. The third kappa shape index (κ3) is 5.90. The summed E-state index contributed by atoms with van der Waals surface area (Å²) in [5, 5.41) is 2.87. The van der Waals surface area contributed by atoms with E-state index < -0.39 is 0 Å². The molecule has 0 fully saturated rings. The lowest BCUT2D eigenvalue weighted by molar-refractivity contribution is -0.116. The summed E-state index contributed by atoms with van der Waals surface area (Å²) < 4.78 is 0. The lowest BCUT2D eigenvalue weighted by Gasteiger charge is -2.16. The van der Waals surface area contributed by atoms with Gasteiger partial charge in [0, 0.05) is 30.8 Å². The first kappa shape index (κ1) is 16.9. The van der Waals surface area contributed by atoms with Gasteiger partial charge in [0.25, 0.3) is 0 Å². The van der Waals surface area contributed by atoms with Gasteiger partial charge in [-0.25, -0.2) is 0 Å². The molecule has 0 aliphatic carbocycles. The molecule has 0 aromatic heterocycles. The average molecular weight is 311 g/mol. The van der Waals surface area contributed by atoms with Gasteiger partial charge in [-0.15, -0.1) is 0 Å². The molecule has 0 heterocycles. The van der Waals surface area contributed by atoms with Crippen molar-refractivity contribution in [3.8, 4) is 0 Å². The molecule has 20 heavy (non-hydrogen) atoms. The minimum atomic E-state index is -0.0234. The van der Waals surface area contributed by atoms with Gasteiger partial charge >= 0.3 is 0 Å². The summed E-state index contributed by atoms with van der Waals surface area (Å²) in [6.07, 6.45) is 2.53. The molecule has 6 heteroatoms. The molecule has 1 amide bonds. The van der Waals surface area contributed by atoms with Crippen LogP contribution in [-0.4, -0.2) is 47.9 Å². The fraction of sp³-hybridized carbons (Fsp3) is 0.429. The first-order valence-corrected chi connectivity index (χ1v) is 8.21. The fourth-order valence-corrected chi connectivity index (χ4v) is 2.34. The summed E-state index contributed by atoms with van der Waals surface area (Å²) in [4.78, 5) is 14.4. The van der Waals surface area contributed by atoms with E-state index in [0.717, 1.165) is 18.8 Å². The maximum absolute atomic E-state index is 11.9. The van der Waals surface area contributed by atoms with E-state index in [0.29, 0.717) is 17.7 Å². The van der Waals surface area contributed by atoms with Crippen molar-refractivity contribution in [3.05, 3.63) is 29.8 Å². The lowest BCUT2D eigenvalue weighted by atomic mass is 10.1. The molecule has 0 saturated carbocycles. The molecular weight excluding hydrogens is 290 g/mol. The van der Waals surface area contributed by atoms with Crippen molar-refractivity contribution in [3.63, 3.8) is 0 Å². The van der Waals surface area contributed by atoms with Crippen LogP contribution >= 0.6 is 24.0 Å². The zero-order chi connectivity index (χ0) is 15.0. The zero-order valence-corrected chi connectivity index (χ0v) is 13.5. The Morgan fingerprint density at radius 3 is 2.75 bits per heavy atom. The summed E-state index contributed by atoms with van der Waals surface area (Å²) in [5.74, 6) is 1.05. The highest BCUT2D eigenvalue weighted by Crippen LogP contribution is 2.15. The van der Waals surface area contributed by atoms with Gasteiger partial charge in [0.15, 0.2) is 0 Å². The number of carbonyl (C=O) groups is 1. The lowest BCUT2D eigenvalue weighted by Crippen LogP contribution is -2.26. The van der Waals surface area contributed by atoms with E-state index in [9.17, 15) is 4.79 Å². The molecule has 0 saturated heterocycles. The second-order valence-corrected chi connectivity index (χ2v) is 5.93. The Bertz CT molecular complexity index is 465. The summed E-state index contributed by atoms with van der Waals surface area (Å²) in [6, 6.07) is 7.31. The molecule has 1 rings (SSSR count). The normalized spacial score (nSPS) is 10.6. The second kappa shape index (κ2) is 8.94. The van der Waals surface area contributed by atoms with Crippen LogP contribution in [0.4, 0.5) is 5.69 Å². The van der Waals surface area contributed by atoms with Crippen LogP contribution in [-0.2, 0) is 4.79 Å². The largest absolute Gasteiger partial charge is 0.389 e. The number of anilines is 1. The minimum absolute atomic E-state index is 0.0234. The molecule has 0 aliphatic rings. The molecule has 0 bridgehead atoms. The minimum Gasteiger partial charge on any atom is -0.389 e. The standard InChI is InChI=1S/C14H21N3OS2/c1-17(9-10-20-2)8-7-13(18)16-12-6-4-3-5-11(12)14(15)19/h3-6H,7-10H2,1-2H3,(H2,15,19)(H,16,18). The number of para-hydroxylation sites is 1. The number of benzene rings is 1. The Morgan fingerprint density at radius 1 is 1.40 bits per heavy atom. The van der Waals surface area contributed by atoms with Crippen molar-refractivity contribution in [1.82, 2.24) is 4.90 Å². The number of nitrogens with one attached hydrogen (secondary N) is 1. The Balaban J connectivity index is 2.49. The molecule has 1 aromatic rings. The van der Waals surface area contributed by atoms with Gasteiger partial charge < -0.3 is 16.0 Å². The van der Waals surface area contributed by atoms with E-state index in [1.54, 1.807) is 11.8 Å². The number of carbonyl (C=O) groups excluding carboxylic acids is 1. The molecule has 3 N–H and O–H groups in total. The van der Waals surface area contributed by atoms with Crippen LogP contribution < -0.4 is 11.1 Å². The van der Waals surface area contributed by atoms with Gasteiger partial charge in [-0.3, -0.25) is 4.79 Å². The molecule has 0 radical (unpaired) electrons. The Hall–Kier alpha value is -1.11. The molecule has 0 unspecified atom stereocenters. The number of amides is 1. The van der Waals surface area contributed by atoms with E-state index in [2.05, 4.69) is 16.5 Å². The number of nitrogens with zero attached hydrogens (tertiary/aromatic N) is 1. The van der Waals surface area contributed by atoms with Crippen LogP contribution in [0, 0.1) is 0 Å². The highest BCUT2D eigenvalue weighted by Gasteiger charge is 2.09. The van der Waals surface area contributed by atoms with Crippen molar-refractivity contribution >= 4 is 40.6 Å². The molecule has 0 atom stereocenters. The number of nitrogens with two attached hydrogens (primary N) is 1. The number of thioether (sulfide) groups is 1. The fourth-order valence-electron chi connectivity index (χ4n) is 1.67. The third-order valence-electron chi connectivity index (χ3n) is 2.86. The smallest absolute Gasteiger partial charge is 0.225 e. The zero-order valence-electron chi connectivity index (χ0n) is 11.9. The van der Waals surface area contributed by atoms with Crippen LogP contribution in [0.2, 0.25) is 0 Å². The van der Waals surface area contributed by atoms with Crippen LogP contribution in [0.3, 0.4) is 0 Å². The summed E-state index contributed by atoms with van der Waals surface area (Å²) in [5.41, 5.74) is 7.02. The summed E-state index contributed by atoms with van der Waals surface area (Å²) in [7, 11) is 2.02. The van der Waals surface area contributed by atoms with Crippen LogP contribution in [0.15, 0.2) is 24.3 Å². The van der Waals surface area contributed by atoms with Crippen molar-refractivity contribution < 1.29 is 4.79 Å². The van der Waals surface area contributed by atoms with Crippen LogP contribution in [0.1, 0.15) is 12.0 Å². The van der Waals surface area contributed by atoms with Crippen LogP contribution in [0.5, 0.6) is 0 Å². The summed E-state index contributed by atoms with van der Waals surface area (Å²) >= 11 is 6.77. The van der Waals surface area contributed by atoms with Crippen molar-refractivity contribution in [1.29, 1.82) is 0 Å². The van der Waals surface area contributed by atoms with E-state index in [1.807, 2.05) is 31.3 Å². The van der Waals surface area contributed by atoms with Gasteiger partial charge in [-0.2, -0.15) is 11.8 Å². The van der Waals surface area contributed by atoms with E-state index >= 15 is 0 Å². The molecule has 0 aliphatic heterocycles. The number of thiocarbonyl (C=S) groups is 1. The van der Waals surface area contributed by atoms with Gasteiger partial charge in [0.05, 0.1) is 5.69 Å². The number of rotatable bonds is 8. The molecule has 110 valence electrons. The Morgan fingerprint density at radius 2 is 2.10 bits per heavy atom. The highest BCUT2D eigenvalue weighted by molar-refractivity contribution is 7.98. The topological polar surface area (TPSA) is 58.4 Å². The quantitative estimate of drug-likeness (QED) is 0.719.